The molecule has 0 atom stereocenters. The van der Waals surface area contributed by atoms with Crippen LogP contribution in [0.2, 0.25) is 5.02 Å². The Morgan fingerprint density at radius 2 is 1.74 bits per heavy atom. The molecule has 5 nitrogen and oxygen atoms in total. The van der Waals surface area contributed by atoms with Gasteiger partial charge in [0.2, 0.25) is 11.8 Å². The van der Waals surface area contributed by atoms with Crippen molar-refractivity contribution < 1.29 is 9.59 Å². The number of hydrogen-bond donors (Lipinski definition) is 2. The number of nitrogens with zero attached hydrogens (tertiary/aromatic N) is 1. The zero-order chi connectivity index (χ0) is 14.3. The summed E-state index contributed by atoms with van der Waals surface area (Å²) in [6, 6.07) is 6.86. The number of halogens is 1. The summed E-state index contributed by atoms with van der Waals surface area (Å²) in [5.41, 5.74) is 0.681. The van der Waals surface area contributed by atoms with Gasteiger partial charge in [-0.05, 0) is 38.2 Å². The first-order chi connectivity index (χ1) is 9.01. The Hall–Kier alpha value is -1.59. The molecule has 2 amide bonds. The Kier molecular flexibility index (Phi) is 6.32. The van der Waals surface area contributed by atoms with Gasteiger partial charge in [-0.25, -0.2) is 0 Å². The normalized spacial score (nSPS) is 10.3. The van der Waals surface area contributed by atoms with Crippen LogP contribution >= 0.6 is 11.6 Å². The molecule has 0 aliphatic rings. The number of amides is 2. The molecular weight excluding hydrogens is 266 g/mol. The zero-order valence-electron chi connectivity index (χ0n) is 11.1. The monoisotopic (exact) mass is 283 g/mol. The Morgan fingerprint density at radius 1 is 1.16 bits per heavy atom. The Balaban J connectivity index is 2.38. The molecule has 104 valence electrons. The van der Waals surface area contributed by atoms with Gasteiger partial charge in [0, 0.05) is 17.3 Å². The van der Waals surface area contributed by atoms with E-state index < -0.39 is 0 Å². The number of carbonyl (C=O) groups excluding carboxylic acids is 2. The van der Waals surface area contributed by atoms with Crippen molar-refractivity contribution in [1.29, 1.82) is 0 Å². The van der Waals surface area contributed by atoms with Crippen LogP contribution in [0.15, 0.2) is 24.3 Å². The Morgan fingerprint density at radius 3 is 2.32 bits per heavy atom. The summed E-state index contributed by atoms with van der Waals surface area (Å²) in [7, 11) is 1.72. The van der Waals surface area contributed by atoms with Gasteiger partial charge in [-0.1, -0.05) is 11.6 Å². The molecule has 1 aromatic carbocycles. The molecule has 1 rings (SSSR count). The van der Waals surface area contributed by atoms with E-state index in [1.807, 2.05) is 6.92 Å². The highest BCUT2D eigenvalue weighted by atomic mass is 35.5. The molecule has 0 radical (unpaired) electrons. The van der Waals surface area contributed by atoms with Crippen molar-refractivity contribution in [2.45, 2.75) is 6.92 Å². The fourth-order valence-electron chi connectivity index (χ4n) is 1.53. The number of nitrogens with one attached hydrogen (secondary N) is 2. The molecular formula is C13H18ClN3O2. The lowest BCUT2D eigenvalue weighted by Gasteiger charge is -2.15. The van der Waals surface area contributed by atoms with Crippen LogP contribution < -0.4 is 10.6 Å². The van der Waals surface area contributed by atoms with Gasteiger partial charge in [-0.2, -0.15) is 0 Å². The second-order valence-electron chi connectivity index (χ2n) is 4.18. The third-order valence-corrected chi connectivity index (χ3v) is 2.58. The average Bonchev–Trinajstić information content (AvgIpc) is 2.32. The van der Waals surface area contributed by atoms with E-state index in [0.29, 0.717) is 17.3 Å². The van der Waals surface area contributed by atoms with Crippen molar-refractivity contribution in [3.63, 3.8) is 0 Å². The van der Waals surface area contributed by atoms with Crippen molar-refractivity contribution in [2.24, 2.45) is 0 Å². The fourth-order valence-corrected chi connectivity index (χ4v) is 1.66. The molecule has 0 spiro atoms. The molecule has 2 N–H and O–H groups in total. The van der Waals surface area contributed by atoms with E-state index in [0.717, 1.165) is 0 Å². The van der Waals surface area contributed by atoms with Gasteiger partial charge >= 0.3 is 0 Å². The standard InChI is InChI=1S/C13H18ClN3O2/c1-3-15-12(18)8-17(2)9-13(19)16-11-6-4-10(14)5-7-11/h4-7H,3,8-9H2,1-2H3,(H,15,18)(H,16,19). The van der Waals surface area contributed by atoms with E-state index in [1.165, 1.54) is 0 Å². The fraction of sp³-hybridized carbons (Fsp3) is 0.385. The highest BCUT2D eigenvalue weighted by Gasteiger charge is 2.10. The molecule has 0 fully saturated rings. The first-order valence-electron chi connectivity index (χ1n) is 6.02. The smallest absolute Gasteiger partial charge is 0.238 e. The lowest BCUT2D eigenvalue weighted by atomic mass is 10.3. The van der Waals surface area contributed by atoms with Crippen molar-refractivity contribution in [3.05, 3.63) is 29.3 Å². The van der Waals surface area contributed by atoms with Crippen LogP contribution in [-0.2, 0) is 9.59 Å². The first-order valence-corrected chi connectivity index (χ1v) is 6.39. The molecule has 19 heavy (non-hydrogen) atoms. The summed E-state index contributed by atoms with van der Waals surface area (Å²) in [5, 5.41) is 6.03. The van der Waals surface area contributed by atoms with Gasteiger partial charge in [0.25, 0.3) is 0 Å². The molecule has 0 aliphatic heterocycles. The van der Waals surface area contributed by atoms with E-state index in [9.17, 15) is 9.59 Å². The number of carbonyl (C=O) groups is 2. The molecule has 0 saturated heterocycles. The van der Waals surface area contributed by atoms with E-state index in [2.05, 4.69) is 10.6 Å². The SMILES string of the molecule is CCNC(=O)CN(C)CC(=O)Nc1ccc(Cl)cc1. The van der Waals surface area contributed by atoms with Gasteiger partial charge in [-0.15, -0.1) is 0 Å². The lowest BCUT2D eigenvalue weighted by molar-refractivity contribution is -0.122. The maximum Gasteiger partial charge on any atom is 0.238 e. The summed E-state index contributed by atoms with van der Waals surface area (Å²) >= 11 is 5.75. The highest BCUT2D eigenvalue weighted by molar-refractivity contribution is 6.30. The molecule has 0 unspecified atom stereocenters. The number of hydrogen-bond acceptors (Lipinski definition) is 3. The summed E-state index contributed by atoms with van der Waals surface area (Å²) in [6.07, 6.45) is 0. The van der Waals surface area contributed by atoms with Crippen LogP contribution in [0.5, 0.6) is 0 Å². The largest absolute Gasteiger partial charge is 0.355 e. The Bertz CT molecular complexity index is 434. The molecule has 0 heterocycles. The molecule has 1 aromatic rings. The van der Waals surface area contributed by atoms with Gasteiger partial charge in [0.1, 0.15) is 0 Å². The highest BCUT2D eigenvalue weighted by Crippen LogP contribution is 2.13. The van der Waals surface area contributed by atoms with Crippen molar-refractivity contribution in [1.82, 2.24) is 10.2 Å². The van der Waals surface area contributed by atoms with Crippen LogP contribution in [0.4, 0.5) is 5.69 Å². The van der Waals surface area contributed by atoms with Crippen LogP contribution in [0.25, 0.3) is 0 Å². The van der Waals surface area contributed by atoms with Crippen LogP contribution in [0.3, 0.4) is 0 Å². The summed E-state index contributed by atoms with van der Waals surface area (Å²) < 4.78 is 0. The van der Waals surface area contributed by atoms with E-state index in [4.69, 9.17) is 11.6 Å². The van der Waals surface area contributed by atoms with Crippen LogP contribution in [-0.4, -0.2) is 43.4 Å². The second kappa shape index (κ2) is 7.76. The number of benzene rings is 1. The molecule has 6 heteroatoms. The molecule has 0 aromatic heterocycles. The average molecular weight is 284 g/mol. The van der Waals surface area contributed by atoms with Crippen molar-refractivity contribution in [3.8, 4) is 0 Å². The minimum Gasteiger partial charge on any atom is -0.355 e. The van der Waals surface area contributed by atoms with Crippen LogP contribution in [0, 0.1) is 0 Å². The zero-order valence-corrected chi connectivity index (χ0v) is 11.8. The van der Waals surface area contributed by atoms with E-state index in [-0.39, 0.29) is 24.9 Å². The minimum atomic E-state index is -0.172. The first kappa shape index (κ1) is 15.5. The maximum absolute atomic E-state index is 11.7. The van der Waals surface area contributed by atoms with Crippen LogP contribution in [0.1, 0.15) is 6.92 Å². The second-order valence-corrected chi connectivity index (χ2v) is 4.62. The lowest BCUT2D eigenvalue weighted by Crippen LogP contribution is -2.38. The predicted molar refractivity (Wildman–Crippen MR) is 76.3 cm³/mol. The molecule has 0 saturated carbocycles. The van der Waals surface area contributed by atoms with Gasteiger partial charge in [0.05, 0.1) is 13.1 Å². The predicted octanol–water partition coefficient (Wildman–Crippen LogP) is 1.35. The summed E-state index contributed by atoms with van der Waals surface area (Å²) in [4.78, 5) is 24.7. The topological polar surface area (TPSA) is 61.4 Å². The number of anilines is 1. The number of rotatable bonds is 6. The minimum absolute atomic E-state index is 0.0932. The van der Waals surface area contributed by atoms with Gasteiger partial charge < -0.3 is 10.6 Å². The third kappa shape index (κ3) is 6.22. The van der Waals surface area contributed by atoms with Crippen molar-refractivity contribution >= 4 is 29.1 Å². The number of likely N-dealkylation sites (N-methyl/N-ethyl adjacent to an activating group) is 2. The van der Waals surface area contributed by atoms with Gasteiger partial charge in [0.15, 0.2) is 0 Å². The molecule has 0 aliphatic carbocycles. The Labute approximate surface area is 117 Å². The summed E-state index contributed by atoms with van der Waals surface area (Å²) in [5.74, 6) is -0.265. The summed E-state index contributed by atoms with van der Waals surface area (Å²) in [6.45, 7) is 2.79. The quantitative estimate of drug-likeness (QED) is 0.828. The van der Waals surface area contributed by atoms with Crippen molar-refractivity contribution in [2.75, 3.05) is 32.0 Å². The van der Waals surface area contributed by atoms with E-state index in [1.54, 1.807) is 36.2 Å². The van der Waals surface area contributed by atoms with Gasteiger partial charge in [-0.3, -0.25) is 14.5 Å². The maximum atomic E-state index is 11.7. The third-order valence-electron chi connectivity index (χ3n) is 2.33. The molecule has 0 bridgehead atoms. The van der Waals surface area contributed by atoms with E-state index >= 15 is 0 Å².